The maximum atomic E-state index is 14.1. The monoisotopic (exact) mass is 388 g/mol. The van der Waals surface area contributed by atoms with Crippen LogP contribution in [0.2, 0.25) is 0 Å². The van der Waals surface area contributed by atoms with Crippen molar-refractivity contribution in [3.63, 3.8) is 0 Å². The predicted octanol–water partition coefficient (Wildman–Crippen LogP) is 2.58. The number of aliphatic hydroxyl groups excluding tert-OH is 1. The summed E-state index contributed by atoms with van der Waals surface area (Å²) in [6.07, 6.45) is 0. The van der Waals surface area contributed by atoms with Gasteiger partial charge in [0.2, 0.25) is 0 Å². The molecule has 1 fully saturated rings. The maximum absolute atomic E-state index is 14.1. The van der Waals surface area contributed by atoms with E-state index < -0.39 is 24.4 Å². The number of benzene rings is 1. The highest BCUT2D eigenvalue weighted by atomic mass is 79.9. The minimum absolute atomic E-state index is 0. The first kappa shape index (κ1) is 18.7. The van der Waals surface area contributed by atoms with Crippen molar-refractivity contribution in [2.45, 2.75) is 12.0 Å². The Balaban J connectivity index is 0.00000220. The van der Waals surface area contributed by atoms with E-state index in [-0.39, 0.29) is 18.0 Å². The number of halogens is 5. The van der Waals surface area contributed by atoms with Gasteiger partial charge in [0.15, 0.2) is 0 Å². The number of hydrogen-bond donors (Lipinski definition) is 2. The summed E-state index contributed by atoms with van der Waals surface area (Å²) in [5, 5.41) is 12.1. The molecule has 1 aliphatic rings. The van der Waals surface area contributed by atoms with E-state index in [4.69, 9.17) is 5.11 Å². The van der Waals surface area contributed by atoms with Crippen LogP contribution in [0.1, 0.15) is 11.6 Å². The lowest BCUT2D eigenvalue weighted by Crippen LogP contribution is -2.51. The fourth-order valence-electron chi connectivity index (χ4n) is 2.44. The van der Waals surface area contributed by atoms with E-state index in [1.165, 1.54) is 17.0 Å². The average molecular weight is 390 g/mol. The first-order valence-electron chi connectivity index (χ1n) is 6.34. The molecule has 3 nitrogen and oxygen atoms in total. The molecule has 0 bridgehead atoms. The van der Waals surface area contributed by atoms with Crippen molar-refractivity contribution < 1.29 is 18.3 Å². The lowest BCUT2D eigenvalue weighted by Gasteiger charge is -2.38. The van der Waals surface area contributed by atoms with Crippen LogP contribution < -0.4 is 5.32 Å². The number of aliphatic hydroxyl groups is 1. The summed E-state index contributed by atoms with van der Waals surface area (Å²) in [5.74, 6) is -4.09. The summed E-state index contributed by atoms with van der Waals surface area (Å²) < 4.78 is 42.7. The largest absolute Gasteiger partial charge is 0.390 e. The van der Waals surface area contributed by atoms with Crippen molar-refractivity contribution >= 4 is 28.3 Å². The fourth-order valence-corrected chi connectivity index (χ4v) is 2.82. The van der Waals surface area contributed by atoms with Gasteiger partial charge in [-0.15, -0.1) is 12.4 Å². The van der Waals surface area contributed by atoms with Crippen molar-refractivity contribution in [3.05, 3.63) is 34.1 Å². The Hall–Kier alpha value is -0.340. The number of rotatable bonds is 4. The molecule has 21 heavy (non-hydrogen) atoms. The second-order valence-electron chi connectivity index (χ2n) is 4.77. The second kappa shape index (κ2) is 7.78. The van der Waals surface area contributed by atoms with E-state index in [0.717, 1.165) is 6.07 Å². The molecule has 0 unspecified atom stereocenters. The highest BCUT2D eigenvalue weighted by molar-refractivity contribution is 9.10. The molecule has 1 aromatic rings. The molecule has 1 aromatic carbocycles. The van der Waals surface area contributed by atoms with Crippen molar-refractivity contribution in [3.8, 4) is 0 Å². The van der Waals surface area contributed by atoms with Crippen LogP contribution in [0, 0.1) is 5.82 Å². The van der Waals surface area contributed by atoms with Crippen LogP contribution in [-0.2, 0) is 0 Å². The van der Waals surface area contributed by atoms with Crippen molar-refractivity contribution in [2.24, 2.45) is 0 Å². The van der Waals surface area contributed by atoms with E-state index in [1.54, 1.807) is 0 Å². The van der Waals surface area contributed by atoms with Crippen LogP contribution in [0.3, 0.4) is 0 Å². The molecule has 0 spiro atoms. The molecular formula is C13H17BrClF3N2O. The minimum Gasteiger partial charge on any atom is -0.390 e. The summed E-state index contributed by atoms with van der Waals surface area (Å²) in [5.41, 5.74) is -0.0969. The number of hydrogen-bond acceptors (Lipinski definition) is 3. The molecule has 0 radical (unpaired) electrons. The van der Waals surface area contributed by atoms with Crippen LogP contribution in [0.15, 0.2) is 22.7 Å². The molecule has 1 saturated heterocycles. The highest BCUT2D eigenvalue weighted by Crippen LogP contribution is 2.38. The van der Waals surface area contributed by atoms with Gasteiger partial charge in [-0.25, -0.2) is 13.2 Å². The Morgan fingerprint density at radius 3 is 2.52 bits per heavy atom. The third-order valence-electron chi connectivity index (χ3n) is 3.38. The van der Waals surface area contributed by atoms with Gasteiger partial charge in [0.05, 0.1) is 0 Å². The topological polar surface area (TPSA) is 35.5 Å². The third kappa shape index (κ3) is 4.32. The molecule has 1 aliphatic heterocycles. The van der Waals surface area contributed by atoms with Crippen LogP contribution in [0.5, 0.6) is 0 Å². The third-order valence-corrected chi connectivity index (χ3v) is 3.87. The summed E-state index contributed by atoms with van der Waals surface area (Å²) in [7, 11) is 0. The normalized spacial score (nSPS) is 18.1. The van der Waals surface area contributed by atoms with Crippen LogP contribution in [0.4, 0.5) is 13.2 Å². The van der Waals surface area contributed by atoms with Gasteiger partial charge in [-0.1, -0.05) is 15.9 Å². The summed E-state index contributed by atoms with van der Waals surface area (Å²) in [6.45, 7) is 0.577. The Labute approximate surface area is 136 Å². The molecule has 0 saturated carbocycles. The zero-order valence-corrected chi connectivity index (χ0v) is 13.6. The zero-order chi connectivity index (χ0) is 14.8. The Morgan fingerprint density at radius 2 is 1.95 bits per heavy atom. The molecule has 0 aromatic heterocycles. The molecule has 8 heteroatoms. The Bertz CT molecular complexity index is 473. The van der Waals surface area contributed by atoms with Crippen molar-refractivity contribution in [1.29, 1.82) is 0 Å². The first-order chi connectivity index (χ1) is 9.45. The molecule has 0 aliphatic carbocycles. The molecule has 1 atom stereocenters. The van der Waals surface area contributed by atoms with Crippen molar-refractivity contribution in [1.82, 2.24) is 10.2 Å². The average Bonchev–Trinajstić information content (AvgIpc) is 2.44. The summed E-state index contributed by atoms with van der Waals surface area (Å²) in [4.78, 5) is 1.51. The smallest absolute Gasteiger partial charge is 0.290 e. The second-order valence-corrected chi connectivity index (χ2v) is 5.69. The Morgan fingerprint density at radius 1 is 1.33 bits per heavy atom. The van der Waals surface area contributed by atoms with Gasteiger partial charge in [0, 0.05) is 36.2 Å². The number of piperazine rings is 1. The van der Waals surface area contributed by atoms with Gasteiger partial charge in [-0.3, -0.25) is 4.90 Å². The van der Waals surface area contributed by atoms with Crippen molar-refractivity contribution in [2.75, 3.05) is 32.8 Å². The molecule has 120 valence electrons. The number of nitrogens with zero attached hydrogens (tertiary/aromatic N) is 1. The standard InChI is InChI=1S/C13H16BrF3N2O.ClH/c14-9-1-2-11(15)10(7-9)12(13(16,17)8-20)19-5-3-18-4-6-19;/h1-2,7,12,18,20H,3-6,8H2;1H/t12-;/m1./s1. The van der Waals surface area contributed by atoms with Gasteiger partial charge in [-0.2, -0.15) is 0 Å². The van der Waals surface area contributed by atoms with Gasteiger partial charge in [0.1, 0.15) is 18.5 Å². The van der Waals surface area contributed by atoms with E-state index >= 15 is 0 Å². The quantitative estimate of drug-likeness (QED) is 0.831. The minimum atomic E-state index is -3.40. The van der Waals surface area contributed by atoms with Gasteiger partial charge >= 0.3 is 0 Å². The van der Waals surface area contributed by atoms with E-state index in [9.17, 15) is 13.2 Å². The van der Waals surface area contributed by atoms with Crippen LogP contribution >= 0.6 is 28.3 Å². The van der Waals surface area contributed by atoms with E-state index in [1.807, 2.05) is 0 Å². The van der Waals surface area contributed by atoms with Gasteiger partial charge < -0.3 is 10.4 Å². The molecule has 1 heterocycles. The summed E-state index contributed by atoms with van der Waals surface area (Å²) >= 11 is 3.17. The molecule has 2 N–H and O–H groups in total. The maximum Gasteiger partial charge on any atom is 0.290 e. The molecule has 0 amide bonds. The number of alkyl halides is 2. The van der Waals surface area contributed by atoms with E-state index in [2.05, 4.69) is 21.2 Å². The predicted molar refractivity (Wildman–Crippen MR) is 80.6 cm³/mol. The molecular weight excluding hydrogens is 373 g/mol. The first-order valence-corrected chi connectivity index (χ1v) is 7.13. The Kier molecular flexibility index (Phi) is 6.93. The summed E-state index contributed by atoms with van der Waals surface area (Å²) in [6, 6.07) is 2.50. The fraction of sp³-hybridized carbons (Fsp3) is 0.538. The lowest BCUT2D eigenvalue weighted by molar-refractivity contribution is -0.119. The SMILES string of the molecule is Cl.OCC(F)(F)[C@@H](c1cc(Br)ccc1F)N1CCNCC1. The molecule has 2 rings (SSSR count). The van der Waals surface area contributed by atoms with Gasteiger partial charge in [0.25, 0.3) is 5.92 Å². The zero-order valence-electron chi connectivity index (χ0n) is 11.2. The van der Waals surface area contributed by atoms with Gasteiger partial charge in [-0.05, 0) is 18.2 Å². The van der Waals surface area contributed by atoms with E-state index in [0.29, 0.717) is 30.7 Å². The number of nitrogens with one attached hydrogen (secondary N) is 1. The van der Waals surface area contributed by atoms with Crippen LogP contribution in [-0.4, -0.2) is 48.7 Å². The van der Waals surface area contributed by atoms with Crippen LogP contribution in [0.25, 0.3) is 0 Å². The highest BCUT2D eigenvalue weighted by Gasteiger charge is 2.45. The lowest BCUT2D eigenvalue weighted by atomic mass is 9.97.